The summed E-state index contributed by atoms with van der Waals surface area (Å²) >= 11 is 1.82. The first-order chi connectivity index (χ1) is 10.7. The summed E-state index contributed by atoms with van der Waals surface area (Å²) in [6, 6.07) is 3.93. The summed E-state index contributed by atoms with van der Waals surface area (Å²) in [5.74, 6) is 2.02. The van der Waals surface area contributed by atoms with Crippen LogP contribution in [-0.4, -0.2) is 59.7 Å². The Morgan fingerprint density at radius 1 is 1.27 bits per heavy atom. The van der Waals surface area contributed by atoms with Gasteiger partial charge in [-0.05, 0) is 57.3 Å². The Hall–Kier alpha value is -1.07. The lowest BCUT2D eigenvalue weighted by Gasteiger charge is -2.29. The fourth-order valence-corrected chi connectivity index (χ4v) is 4.28. The van der Waals surface area contributed by atoms with Gasteiger partial charge >= 0.3 is 0 Å². The smallest absolute Gasteiger partial charge is 0.255 e. The Bertz CT molecular complexity index is 499. The van der Waals surface area contributed by atoms with Crippen molar-refractivity contribution < 1.29 is 4.79 Å². The Morgan fingerprint density at radius 2 is 2.09 bits per heavy atom. The molecule has 1 atom stereocenters. The molecule has 2 saturated heterocycles. The van der Waals surface area contributed by atoms with Crippen LogP contribution in [-0.2, 0) is 0 Å². The summed E-state index contributed by atoms with van der Waals surface area (Å²) in [6.45, 7) is 4.21. The monoisotopic (exact) mass is 319 g/mol. The van der Waals surface area contributed by atoms with E-state index >= 15 is 0 Å². The van der Waals surface area contributed by atoms with E-state index in [1.165, 1.54) is 25.9 Å². The second-order valence-electron chi connectivity index (χ2n) is 6.47. The number of piperidine rings is 1. The Kier molecular flexibility index (Phi) is 5.37. The molecule has 1 aromatic rings. The van der Waals surface area contributed by atoms with Crippen molar-refractivity contribution in [1.29, 1.82) is 0 Å². The number of hydrogen-bond acceptors (Lipinski definition) is 4. The average Bonchev–Trinajstić information content (AvgIpc) is 3.07. The minimum absolute atomic E-state index is 0.135. The molecule has 0 saturated carbocycles. The highest BCUT2D eigenvalue weighted by Gasteiger charge is 2.20. The molecule has 2 aliphatic rings. The molecule has 2 aliphatic heterocycles. The molecule has 3 rings (SSSR count). The van der Waals surface area contributed by atoms with Gasteiger partial charge in [0.25, 0.3) is 5.91 Å². The Labute approximate surface area is 137 Å². The highest BCUT2D eigenvalue weighted by atomic mass is 32.2. The average molecular weight is 319 g/mol. The molecular formula is C17H25N3OS. The molecule has 0 bridgehead atoms. The minimum Gasteiger partial charge on any atom is -0.339 e. The first-order valence-electron chi connectivity index (χ1n) is 8.29. The predicted molar refractivity (Wildman–Crippen MR) is 90.3 cm³/mol. The molecule has 120 valence electrons. The van der Waals surface area contributed by atoms with Gasteiger partial charge in [0.15, 0.2) is 0 Å². The number of nitrogens with zero attached hydrogens (tertiary/aromatic N) is 3. The molecule has 1 aromatic heterocycles. The number of rotatable bonds is 4. The van der Waals surface area contributed by atoms with E-state index in [0.717, 1.165) is 48.2 Å². The number of hydrogen-bond donors (Lipinski definition) is 0. The topological polar surface area (TPSA) is 36.4 Å². The molecule has 5 heteroatoms. The van der Waals surface area contributed by atoms with Gasteiger partial charge in [-0.1, -0.05) is 0 Å². The lowest BCUT2D eigenvalue weighted by atomic mass is 10.0. The number of pyridine rings is 1. The van der Waals surface area contributed by atoms with Crippen LogP contribution in [0, 0.1) is 5.92 Å². The van der Waals surface area contributed by atoms with Crippen LogP contribution < -0.4 is 0 Å². The lowest BCUT2D eigenvalue weighted by Crippen LogP contribution is -2.33. The summed E-state index contributed by atoms with van der Waals surface area (Å²) in [5.41, 5.74) is 0.726. The van der Waals surface area contributed by atoms with Gasteiger partial charge in [0.05, 0.1) is 10.6 Å². The van der Waals surface area contributed by atoms with Crippen LogP contribution >= 0.6 is 11.8 Å². The van der Waals surface area contributed by atoms with Crippen LogP contribution in [0.25, 0.3) is 0 Å². The molecule has 1 amide bonds. The highest BCUT2D eigenvalue weighted by molar-refractivity contribution is 7.99. The predicted octanol–water partition coefficient (Wildman–Crippen LogP) is 2.75. The molecule has 22 heavy (non-hydrogen) atoms. The van der Waals surface area contributed by atoms with E-state index in [0.29, 0.717) is 0 Å². The second kappa shape index (κ2) is 7.47. The number of thioether (sulfide) groups is 1. The Balaban J connectivity index is 1.51. The molecule has 0 unspecified atom stereocenters. The zero-order chi connectivity index (χ0) is 15.4. The summed E-state index contributed by atoms with van der Waals surface area (Å²) < 4.78 is 0. The van der Waals surface area contributed by atoms with Crippen LogP contribution in [0.2, 0.25) is 0 Å². The lowest BCUT2D eigenvalue weighted by molar-refractivity contribution is 0.0792. The van der Waals surface area contributed by atoms with Gasteiger partial charge in [-0.25, -0.2) is 4.98 Å². The maximum Gasteiger partial charge on any atom is 0.255 e. The van der Waals surface area contributed by atoms with Gasteiger partial charge in [-0.2, -0.15) is 0 Å². The van der Waals surface area contributed by atoms with E-state index in [4.69, 9.17) is 0 Å². The number of aromatic nitrogens is 1. The molecule has 0 N–H and O–H groups in total. The largest absolute Gasteiger partial charge is 0.339 e. The van der Waals surface area contributed by atoms with Gasteiger partial charge in [0.1, 0.15) is 0 Å². The summed E-state index contributed by atoms with van der Waals surface area (Å²) in [6.07, 6.45) is 6.63. The quantitative estimate of drug-likeness (QED) is 0.800. The third kappa shape index (κ3) is 4.02. The van der Waals surface area contributed by atoms with E-state index in [2.05, 4.69) is 16.9 Å². The van der Waals surface area contributed by atoms with Crippen molar-refractivity contribution in [3.05, 3.63) is 23.9 Å². The zero-order valence-electron chi connectivity index (χ0n) is 13.3. The maximum atomic E-state index is 12.3. The van der Waals surface area contributed by atoms with E-state index in [1.54, 1.807) is 6.20 Å². The highest BCUT2D eigenvalue weighted by Crippen LogP contribution is 2.24. The van der Waals surface area contributed by atoms with Gasteiger partial charge in [-0.15, -0.1) is 11.8 Å². The van der Waals surface area contributed by atoms with E-state index in [1.807, 2.05) is 28.8 Å². The van der Waals surface area contributed by atoms with Crippen molar-refractivity contribution in [2.75, 3.05) is 39.0 Å². The normalized spacial score (nSPS) is 23.0. The van der Waals surface area contributed by atoms with E-state index in [9.17, 15) is 4.79 Å². The molecule has 4 nitrogen and oxygen atoms in total. The molecule has 0 aromatic carbocycles. The van der Waals surface area contributed by atoms with Crippen LogP contribution in [0.15, 0.2) is 23.4 Å². The molecule has 3 heterocycles. The third-order valence-electron chi connectivity index (χ3n) is 4.57. The molecule has 2 fully saturated rings. The number of amides is 1. The van der Waals surface area contributed by atoms with Crippen LogP contribution in [0.5, 0.6) is 0 Å². The minimum atomic E-state index is 0.135. The standard InChI is InChI=1S/C17H25N3OS/c1-19-8-4-5-14(12-19)13-22-16-7-6-15(11-18-16)17(21)20-9-2-3-10-20/h6-7,11,14H,2-5,8-10,12-13H2,1H3/t14-/m1/s1. The van der Waals surface area contributed by atoms with E-state index < -0.39 is 0 Å². The molecular weight excluding hydrogens is 294 g/mol. The van der Waals surface area contributed by atoms with Gasteiger partial charge < -0.3 is 9.80 Å². The second-order valence-corrected chi connectivity index (χ2v) is 7.51. The van der Waals surface area contributed by atoms with Crippen molar-refractivity contribution in [3.8, 4) is 0 Å². The van der Waals surface area contributed by atoms with Crippen LogP contribution in [0.3, 0.4) is 0 Å². The number of carbonyl (C=O) groups excluding carboxylic acids is 1. The van der Waals surface area contributed by atoms with Crippen LogP contribution in [0.4, 0.5) is 0 Å². The van der Waals surface area contributed by atoms with Crippen molar-refractivity contribution >= 4 is 17.7 Å². The van der Waals surface area contributed by atoms with Crippen LogP contribution in [0.1, 0.15) is 36.0 Å². The van der Waals surface area contributed by atoms with Gasteiger partial charge in [-0.3, -0.25) is 4.79 Å². The fourth-order valence-electron chi connectivity index (χ4n) is 3.31. The molecule has 0 radical (unpaired) electrons. The van der Waals surface area contributed by atoms with Gasteiger partial charge in [0, 0.05) is 31.6 Å². The number of likely N-dealkylation sites (tertiary alicyclic amines) is 2. The third-order valence-corrected chi connectivity index (χ3v) is 5.74. The first kappa shape index (κ1) is 15.8. The Morgan fingerprint density at radius 3 is 2.77 bits per heavy atom. The summed E-state index contributed by atoms with van der Waals surface area (Å²) in [5, 5.41) is 1.03. The summed E-state index contributed by atoms with van der Waals surface area (Å²) in [4.78, 5) is 21.1. The first-order valence-corrected chi connectivity index (χ1v) is 9.27. The fraction of sp³-hybridized carbons (Fsp3) is 0.647. The van der Waals surface area contributed by atoms with Crippen molar-refractivity contribution in [2.24, 2.45) is 5.92 Å². The zero-order valence-corrected chi connectivity index (χ0v) is 14.1. The molecule has 0 aliphatic carbocycles. The van der Waals surface area contributed by atoms with Crippen molar-refractivity contribution in [3.63, 3.8) is 0 Å². The maximum absolute atomic E-state index is 12.3. The SMILES string of the molecule is CN1CCC[C@@H](CSc2ccc(C(=O)N3CCCC3)cn2)C1. The van der Waals surface area contributed by atoms with Crippen molar-refractivity contribution in [2.45, 2.75) is 30.7 Å². The van der Waals surface area contributed by atoms with Gasteiger partial charge in [0.2, 0.25) is 0 Å². The number of carbonyl (C=O) groups is 1. The van der Waals surface area contributed by atoms with E-state index in [-0.39, 0.29) is 5.91 Å². The summed E-state index contributed by atoms with van der Waals surface area (Å²) in [7, 11) is 2.20. The molecule has 0 spiro atoms. The van der Waals surface area contributed by atoms with Crippen molar-refractivity contribution in [1.82, 2.24) is 14.8 Å².